The van der Waals surface area contributed by atoms with Gasteiger partial charge in [-0.1, -0.05) is 12.1 Å². The van der Waals surface area contributed by atoms with Crippen molar-refractivity contribution in [2.75, 3.05) is 19.8 Å². The molecule has 1 heterocycles. The molecule has 6 heteroatoms. The lowest BCUT2D eigenvalue weighted by molar-refractivity contribution is 0.0603. The summed E-state index contributed by atoms with van der Waals surface area (Å²) in [5, 5.41) is 2.98. The summed E-state index contributed by atoms with van der Waals surface area (Å²) in [6, 6.07) is 6.63. The van der Waals surface area contributed by atoms with E-state index in [0.717, 1.165) is 12.1 Å². The summed E-state index contributed by atoms with van der Waals surface area (Å²) in [5.41, 5.74) is 0.880. The molecule has 1 unspecified atom stereocenters. The van der Waals surface area contributed by atoms with E-state index in [2.05, 4.69) is 5.32 Å². The van der Waals surface area contributed by atoms with Gasteiger partial charge in [-0.05, 0) is 24.6 Å². The number of nitrogens with one attached hydrogen (secondary N) is 1. The lowest BCUT2D eigenvalue weighted by Crippen LogP contribution is -2.29. The zero-order chi connectivity index (χ0) is 12.3. The molecule has 1 fully saturated rings. The fourth-order valence-electron chi connectivity index (χ4n) is 1.58. The van der Waals surface area contributed by atoms with Gasteiger partial charge in [0.15, 0.2) is 0 Å². The molecular weight excluding hydrogens is 242 g/mol. The Balaban J connectivity index is 2.03. The molecule has 5 nitrogen and oxygen atoms in total. The van der Waals surface area contributed by atoms with Crippen LogP contribution in [-0.2, 0) is 19.0 Å². The fraction of sp³-hybridized carbons (Fsp3) is 0.455. The molecule has 0 amide bonds. The van der Waals surface area contributed by atoms with E-state index in [4.69, 9.17) is 8.92 Å². The zero-order valence-corrected chi connectivity index (χ0v) is 10.4. The van der Waals surface area contributed by atoms with Gasteiger partial charge in [0.25, 0.3) is 10.1 Å². The Bertz CT molecular complexity index is 480. The van der Waals surface area contributed by atoms with Crippen molar-refractivity contribution >= 4 is 10.1 Å². The highest BCUT2D eigenvalue weighted by Gasteiger charge is 2.20. The Kier molecular flexibility index (Phi) is 3.78. The molecule has 94 valence electrons. The van der Waals surface area contributed by atoms with Crippen LogP contribution in [0, 0.1) is 6.92 Å². The molecule has 0 bridgehead atoms. The predicted molar refractivity (Wildman–Crippen MR) is 62.1 cm³/mol. The van der Waals surface area contributed by atoms with Gasteiger partial charge >= 0.3 is 0 Å². The molecule has 0 aliphatic carbocycles. The first-order valence-corrected chi connectivity index (χ1v) is 6.80. The third kappa shape index (κ3) is 3.26. The molecule has 1 atom stereocenters. The minimum absolute atomic E-state index is 0.00370. The highest BCUT2D eigenvalue weighted by Crippen LogP contribution is 2.14. The molecule has 1 aliphatic heterocycles. The maximum Gasteiger partial charge on any atom is 0.297 e. The second-order valence-electron chi connectivity index (χ2n) is 3.87. The first-order chi connectivity index (χ1) is 8.08. The Hall–Kier alpha value is -0.950. The average Bonchev–Trinajstić information content (AvgIpc) is 2.79. The van der Waals surface area contributed by atoms with Crippen molar-refractivity contribution in [1.82, 2.24) is 5.32 Å². The summed E-state index contributed by atoms with van der Waals surface area (Å²) < 4.78 is 33.8. The van der Waals surface area contributed by atoms with Crippen molar-refractivity contribution in [3.8, 4) is 0 Å². The first kappa shape index (κ1) is 12.5. The van der Waals surface area contributed by atoms with Gasteiger partial charge in [0.2, 0.25) is 0 Å². The number of rotatable bonds is 4. The lowest BCUT2D eigenvalue weighted by atomic mass is 10.2. The maximum absolute atomic E-state index is 11.8. The monoisotopic (exact) mass is 257 g/mol. The summed E-state index contributed by atoms with van der Waals surface area (Å²) in [5.74, 6) is 0. The van der Waals surface area contributed by atoms with Gasteiger partial charge in [-0.3, -0.25) is 9.50 Å². The summed E-state index contributed by atoms with van der Waals surface area (Å²) in [6.07, 6.45) is -0.338. The second-order valence-corrected chi connectivity index (χ2v) is 5.48. The summed E-state index contributed by atoms with van der Waals surface area (Å²) in [7, 11) is -3.69. The average molecular weight is 257 g/mol. The van der Waals surface area contributed by atoms with E-state index in [1.165, 1.54) is 6.07 Å². The van der Waals surface area contributed by atoms with Crippen molar-refractivity contribution in [1.29, 1.82) is 0 Å². The Labute approximate surface area is 101 Å². The Morgan fingerprint density at radius 1 is 1.53 bits per heavy atom. The van der Waals surface area contributed by atoms with E-state index >= 15 is 0 Å². The van der Waals surface area contributed by atoms with Gasteiger partial charge < -0.3 is 4.74 Å². The molecule has 1 aromatic carbocycles. The van der Waals surface area contributed by atoms with Gasteiger partial charge in [-0.15, -0.1) is 0 Å². The number of benzene rings is 1. The van der Waals surface area contributed by atoms with E-state index in [-0.39, 0.29) is 17.7 Å². The summed E-state index contributed by atoms with van der Waals surface area (Å²) in [4.78, 5) is 0.176. The third-order valence-corrected chi connectivity index (χ3v) is 3.72. The van der Waals surface area contributed by atoms with Crippen LogP contribution in [0.25, 0.3) is 0 Å². The molecule has 0 saturated carbocycles. The molecule has 0 spiro atoms. The zero-order valence-electron chi connectivity index (χ0n) is 9.55. The normalized spacial score (nSPS) is 20.6. The molecule has 17 heavy (non-hydrogen) atoms. The van der Waals surface area contributed by atoms with Crippen LogP contribution in [0.4, 0.5) is 0 Å². The van der Waals surface area contributed by atoms with E-state index in [1.807, 2.05) is 13.0 Å². The van der Waals surface area contributed by atoms with Gasteiger partial charge in [0, 0.05) is 6.54 Å². The summed E-state index contributed by atoms with van der Waals surface area (Å²) in [6.45, 7) is 3.13. The van der Waals surface area contributed by atoms with Gasteiger partial charge in [-0.25, -0.2) is 0 Å². The predicted octanol–water partition coefficient (Wildman–Crippen LogP) is 0.646. The van der Waals surface area contributed by atoms with E-state index in [9.17, 15) is 8.42 Å². The molecule has 1 saturated heterocycles. The topological polar surface area (TPSA) is 64.6 Å². The van der Waals surface area contributed by atoms with Crippen molar-refractivity contribution in [2.24, 2.45) is 0 Å². The van der Waals surface area contributed by atoms with Crippen molar-refractivity contribution < 1.29 is 17.3 Å². The van der Waals surface area contributed by atoms with Gasteiger partial charge in [0.05, 0.1) is 11.5 Å². The highest BCUT2D eigenvalue weighted by molar-refractivity contribution is 7.86. The lowest BCUT2D eigenvalue weighted by Gasteiger charge is -2.10. The van der Waals surface area contributed by atoms with Crippen molar-refractivity contribution in [3.63, 3.8) is 0 Å². The fourth-order valence-corrected chi connectivity index (χ4v) is 2.59. The largest absolute Gasteiger partial charge is 0.360 e. The van der Waals surface area contributed by atoms with Crippen molar-refractivity contribution in [2.45, 2.75) is 18.0 Å². The SMILES string of the molecule is Cc1cccc(S(=O)(=O)OCC2NCCO2)c1. The minimum atomic E-state index is -3.69. The molecule has 1 N–H and O–H groups in total. The van der Waals surface area contributed by atoms with E-state index in [1.54, 1.807) is 12.1 Å². The molecule has 0 aromatic heterocycles. The van der Waals surface area contributed by atoms with Crippen LogP contribution in [0.1, 0.15) is 5.56 Å². The van der Waals surface area contributed by atoms with Crippen LogP contribution in [0.5, 0.6) is 0 Å². The minimum Gasteiger partial charge on any atom is -0.360 e. The number of aryl methyl sites for hydroxylation is 1. The summed E-state index contributed by atoms with van der Waals surface area (Å²) >= 11 is 0. The van der Waals surface area contributed by atoms with Gasteiger partial charge in [0.1, 0.15) is 12.8 Å². The molecule has 1 aliphatic rings. The molecule has 1 aromatic rings. The molecule has 2 rings (SSSR count). The van der Waals surface area contributed by atoms with Crippen molar-refractivity contribution in [3.05, 3.63) is 29.8 Å². The Morgan fingerprint density at radius 2 is 2.35 bits per heavy atom. The van der Waals surface area contributed by atoms with Crippen LogP contribution in [0.3, 0.4) is 0 Å². The van der Waals surface area contributed by atoms with Crippen LogP contribution >= 0.6 is 0 Å². The van der Waals surface area contributed by atoms with E-state index < -0.39 is 10.1 Å². The second kappa shape index (κ2) is 5.14. The third-order valence-electron chi connectivity index (χ3n) is 2.45. The quantitative estimate of drug-likeness (QED) is 0.802. The first-order valence-electron chi connectivity index (χ1n) is 5.39. The van der Waals surface area contributed by atoms with E-state index in [0.29, 0.717) is 6.61 Å². The highest BCUT2D eigenvalue weighted by atomic mass is 32.2. The number of ether oxygens (including phenoxy) is 1. The van der Waals surface area contributed by atoms with Gasteiger partial charge in [-0.2, -0.15) is 8.42 Å². The van der Waals surface area contributed by atoms with Crippen LogP contribution in [0.2, 0.25) is 0 Å². The Morgan fingerprint density at radius 3 is 3.00 bits per heavy atom. The standard InChI is InChI=1S/C11H15NO4S/c1-9-3-2-4-10(7-9)17(13,14)16-8-11-12-5-6-15-11/h2-4,7,11-12H,5-6,8H2,1H3. The van der Waals surface area contributed by atoms with Crippen LogP contribution < -0.4 is 5.32 Å². The number of hydrogen-bond donors (Lipinski definition) is 1. The smallest absolute Gasteiger partial charge is 0.297 e. The number of hydrogen-bond acceptors (Lipinski definition) is 5. The van der Waals surface area contributed by atoms with Crippen LogP contribution in [-0.4, -0.2) is 34.4 Å². The van der Waals surface area contributed by atoms with Crippen LogP contribution in [0.15, 0.2) is 29.2 Å². The maximum atomic E-state index is 11.8. The molecule has 0 radical (unpaired) electrons. The molecular formula is C11H15NO4S.